The molecule has 0 aromatic rings. The molecule has 2 saturated heterocycles. The zero-order valence-electron chi connectivity index (χ0n) is 10.6. The van der Waals surface area contributed by atoms with Gasteiger partial charge in [-0.15, -0.1) is 0 Å². The lowest BCUT2D eigenvalue weighted by Gasteiger charge is -2.37. The van der Waals surface area contributed by atoms with Crippen molar-refractivity contribution in [3.8, 4) is 0 Å². The van der Waals surface area contributed by atoms with Gasteiger partial charge < -0.3 is 4.74 Å². The molecule has 3 heterocycles. The monoisotopic (exact) mass is 275 g/mol. The molecule has 4 aliphatic rings. The summed E-state index contributed by atoms with van der Waals surface area (Å²) in [6.07, 6.45) is 3.58. The zero-order valence-corrected chi connectivity index (χ0v) is 10.6. The van der Waals surface area contributed by atoms with Crippen molar-refractivity contribution in [2.24, 2.45) is 17.8 Å². The Morgan fingerprint density at radius 1 is 1.10 bits per heavy atom. The molecule has 0 radical (unpaired) electrons. The van der Waals surface area contributed by atoms with Gasteiger partial charge in [-0.05, 0) is 0 Å². The molecule has 20 heavy (non-hydrogen) atoms. The molecule has 3 aliphatic heterocycles. The van der Waals surface area contributed by atoms with Crippen LogP contribution in [0.15, 0.2) is 12.2 Å². The van der Waals surface area contributed by atoms with Crippen molar-refractivity contribution in [2.45, 2.75) is 31.0 Å². The minimum absolute atomic E-state index is 0.0288. The lowest BCUT2D eigenvalue weighted by Crippen LogP contribution is -2.48. The van der Waals surface area contributed by atoms with Gasteiger partial charge in [-0.1, -0.05) is 12.2 Å². The van der Waals surface area contributed by atoms with E-state index in [0.29, 0.717) is 0 Å². The van der Waals surface area contributed by atoms with Crippen molar-refractivity contribution < 1.29 is 23.9 Å². The third-order valence-corrected chi connectivity index (χ3v) is 4.90. The van der Waals surface area contributed by atoms with Gasteiger partial charge in [0.1, 0.15) is 17.2 Å². The molecular formula is C14H13NO5. The van der Waals surface area contributed by atoms with Gasteiger partial charge in [0.15, 0.2) is 0 Å². The van der Waals surface area contributed by atoms with Crippen LogP contribution in [0.5, 0.6) is 0 Å². The highest BCUT2D eigenvalue weighted by Crippen LogP contribution is 2.55. The van der Waals surface area contributed by atoms with Gasteiger partial charge in [0.25, 0.3) is 0 Å². The molecule has 4 rings (SSSR count). The van der Waals surface area contributed by atoms with Crippen molar-refractivity contribution >= 4 is 23.4 Å². The Morgan fingerprint density at radius 2 is 1.80 bits per heavy atom. The summed E-state index contributed by atoms with van der Waals surface area (Å²) in [6, 6.07) is 0. The van der Waals surface area contributed by atoms with Crippen molar-refractivity contribution in [1.82, 2.24) is 5.32 Å². The molecule has 0 spiro atoms. The van der Waals surface area contributed by atoms with Crippen molar-refractivity contribution in [2.75, 3.05) is 0 Å². The average Bonchev–Trinajstić information content (AvgIpc) is 3.01. The molecule has 4 atom stereocenters. The number of carbonyl (C=O) groups is 4. The van der Waals surface area contributed by atoms with Crippen LogP contribution >= 0.6 is 0 Å². The van der Waals surface area contributed by atoms with E-state index >= 15 is 0 Å². The maximum Gasteiger partial charge on any atom is 0.233 e. The first-order chi connectivity index (χ1) is 9.51. The Bertz CT molecular complexity index is 578. The molecule has 1 saturated carbocycles. The molecule has 4 unspecified atom stereocenters. The minimum Gasteiger partial charge on any atom is -0.362 e. The van der Waals surface area contributed by atoms with Crippen LogP contribution < -0.4 is 5.32 Å². The molecule has 104 valence electrons. The number of rotatable bonds is 1. The zero-order chi connectivity index (χ0) is 14.1. The summed E-state index contributed by atoms with van der Waals surface area (Å²) >= 11 is 0. The van der Waals surface area contributed by atoms with Crippen LogP contribution in [0.2, 0.25) is 0 Å². The van der Waals surface area contributed by atoms with Gasteiger partial charge in [-0.2, -0.15) is 0 Å². The molecule has 1 aliphatic carbocycles. The summed E-state index contributed by atoms with van der Waals surface area (Å²) in [4.78, 5) is 47.2. The first kappa shape index (κ1) is 12.0. The fourth-order valence-electron chi connectivity index (χ4n) is 4.14. The average molecular weight is 275 g/mol. The molecule has 0 aromatic carbocycles. The number of amides is 2. The number of hydrogen-bond acceptors (Lipinski definition) is 5. The highest BCUT2D eigenvalue weighted by atomic mass is 16.5. The van der Waals surface area contributed by atoms with Crippen LogP contribution in [-0.2, 0) is 23.9 Å². The lowest BCUT2D eigenvalue weighted by atomic mass is 9.66. The predicted molar refractivity (Wildman–Crippen MR) is 64.2 cm³/mol. The van der Waals surface area contributed by atoms with E-state index in [4.69, 9.17) is 4.74 Å². The van der Waals surface area contributed by atoms with Gasteiger partial charge in [0.05, 0.1) is 24.4 Å². The number of ether oxygens (including phenoxy) is 1. The number of nitrogens with one attached hydrogen (secondary N) is 1. The summed E-state index contributed by atoms with van der Waals surface area (Å²) < 4.78 is 5.91. The SMILES string of the molecule is O=C1CC(=O)CC(C23C=CC(O2)C2C(=O)NC(=O)C23)C1. The van der Waals surface area contributed by atoms with Crippen molar-refractivity contribution in [3.63, 3.8) is 0 Å². The van der Waals surface area contributed by atoms with E-state index in [1.807, 2.05) is 0 Å². The van der Waals surface area contributed by atoms with E-state index in [2.05, 4.69) is 5.32 Å². The van der Waals surface area contributed by atoms with Crippen LogP contribution in [0.4, 0.5) is 0 Å². The standard InChI is InChI=1S/C14H13NO5/c16-7-3-6(4-8(17)5-7)14-2-1-9(20-14)10-11(14)13(19)15-12(10)18/h1-2,6,9-11H,3-5H2,(H,15,18,19). The number of imide groups is 1. The number of carbonyl (C=O) groups excluding carboxylic acids is 4. The van der Waals surface area contributed by atoms with E-state index in [9.17, 15) is 19.2 Å². The lowest BCUT2D eigenvalue weighted by molar-refractivity contribution is -0.142. The number of fused-ring (bicyclic) bond motifs is 5. The first-order valence-corrected chi connectivity index (χ1v) is 6.76. The summed E-state index contributed by atoms with van der Waals surface area (Å²) in [5.74, 6) is -2.36. The van der Waals surface area contributed by atoms with Crippen LogP contribution in [0, 0.1) is 17.8 Å². The fraction of sp³-hybridized carbons (Fsp3) is 0.571. The maximum atomic E-state index is 12.1. The number of Topliss-reactive ketones (excluding diaryl/α,β-unsaturated/α-hetero) is 2. The van der Waals surface area contributed by atoms with Crippen molar-refractivity contribution in [1.29, 1.82) is 0 Å². The quantitative estimate of drug-likeness (QED) is 0.396. The second kappa shape index (κ2) is 3.63. The summed E-state index contributed by atoms with van der Waals surface area (Å²) in [7, 11) is 0. The van der Waals surface area contributed by atoms with Gasteiger partial charge >= 0.3 is 0 Å². The van der Waals surface area contributed by atoms with Gasteiger partial charge in [-0.3, -0.25) is 24.5 Å². The molecule has 1 N–H and O–H groups in total. The molecule has 6 heteroatoms. The highest BCUT2D eigenvalue weighted by Gasteiger charge is 2.67. The fourth-order valence-corrected chi connectivity index (χ4v) is 4.14. The molecule has 6 nitrogen and oxygen atoms in total. The Labute approximate surface area is 114 Å². The van der Waals surface area contributed by atoms with E-state index in [1.165, 1.54) is 0 Å². The molecule has 0 aromatic heterocycles. The Balaban J connectivity index is 1.75. The highest BCUT2D eigenvalue weighted by molar-refractivity contribution is 6.07. The van der Waals surface area contributed by atoms with Crippen LogP contribution in [0.25, 0.3) is 0 Å². The van der Waals surface area contributed by atoms with E-state index in [0.717, 1.165) is 0 Å². The first-order valence-electron chi connectivity index (χ1n) is 6.76. The summed E-state index contributed by atoms with van der Waals surface area (Å²) in [5.41, 5.74) is -0.961. The predicted octanol–water partition coefficient (Wildman–Crippen LogP) is -0.479. The number of hydrogen-bond donors (Lipinski definition) is 1. The van der Waals surface area contributed by atoms with Gasteiger partial charge in [0.2, 0.25) is 11.8 Å². The maximum absolute atomic E-state index is 12.1. The molecular weight excluding hydrogens is 262 g/mol. The summed E-state index contributed by atoms with van der Waals surface area (Å²) in [6.45, 7) is 0. The Hall–Kier alpha value is -1.82. The smallest absolute Gasteiger partial charge is 0.233 e. The normalized spacial score (nSPS) is 43.3. The van der Waals surface area contributed by atoms with Crippen LogP contribution in [0.3, 0.4) is 0 Å². The van der Waals surface area contributed by atoms with Gasteiger partial charge in [0, 0.05) is 18.8 Å². The third kappa shape index (κ3) is 1.32. The minimum atomic E-state index is -0.961. The topological polar surface area (TPSA) is 89.5 Å². The van der Waals surface area contributed by atoms with Gasteiger partial charge in [-0.25, -0.2) is 0 Å². The van der Waals surface area contributed by atoms with Crippen LogP contribution in [-0.4, -0.2) is 35.1 Å². The summed E-state index contributed by atoms with van der Waals surface area (Å²) in [5, 5.41) is 2.34. The van der Waals surface area contributed by atoms with E-state index in [1.54, 1.807) is 12.2 Å². The molecule has 3 fully saturated rings. The third-order valence-electron chi connectivity index (χ3n) is 4.90. The van der Waals surface area contributed by atoms with E-state index in [-0.39, 0.29) is 48.6 Å². The second-order valence-corrected chi connectivity index (χ2v) is 6.01. The van der Waals surface area contributed by atoms with Crippen molar-refractivity contribution in [3.05, 3.63) is 12.2 Å². The van der Waals surface area contributed by atoms with E-state index < -0.39 is 23.5 Å². The molecule has 2 bridgehead atoms. The van der Waals surface area contributed by atoms with Crippen LogP contribution in [0.1, 0.15) is 19.3 Å². The Kier molecular flexibility index (Phi) is 2.17. The Morgan fingerprint density at radius 3 is 2.50 bits per heavy atom. The molecule has 2 amide bonds. The number of ketones is 2. The largest absolute Gasteiger partial charge is 0.362 e. The second-order valence-electron chi connectivity index (χ2n) is 6.01.